The number of nitrogens with zero attached hydrogens (tertiary/aromatic N) is 3. The molecule has 0 bridgehead atoms. The minimum Gasteiger partial charge on any atom is -0.375 e. The summed E-state index contributed by atoms with van der Waals surface area (Å²) in [6.45, 7) is 9.11. The van der Waals surface area contributed by atoms with E-state index in [4.69, 9.17) is 16.3 Å². The van der Waals surface area contributed by atoms with E-state index in [1.54, 1.807) is 0 Å². The van der Waals surface area contributed by atoms with Crippen molar-refractivity contribution in [2.24, 2.45) is 0 Å². The van der Waals surface area contributed by atoms with Crippen LogP contribution in [0, 0.1) is 0 Å². The minimum absolute atomic E-state index is 0.0296. The molecule has 2 heterocycles. The van der Waals surface area contributed by atoms with Crippen molar-refractivity contribution < 1.29 is 9.53 Å². The van der Waals surface area contributed by atoms with E-state index in [0.717, 1.165) is 6.42 Å². The van der Waals surface area contributed by atoms with E-state index in [1.807, 2.05) is 32.6 Å². The number of ether oxygens (including phenoxy) is 1. The van der Waals surface area contributed by atoms with Gasteiger partial charge in [-0.05, 0) is 13.3 Å². The molecule has 1 aliphatic rings. The molecule has 1 amide bonds. The number of hydrogen-bond acceptors (Lipinski definition) is 4. The van der Waals surface area contributed by atoms with Crippen molar-refractivity contribution in [1.82, 2.24) is 14.9 Å². The zero-order chi connectivity index (χ0) is 15.6. The van der Waals surface area contributed by atoms with Crippen molar-refractivity contribution >= 4 is 17.5 Å². The first-order valence-corrected chi connectivity index (χ1v) is 7.76. The van der Waals surface area contributed by atoms with Gasteiger partial charge in [-0.3, -0.25) is 4.79 Å². The summed E-state index contributed by atoms with van der Waals surface area (Å²) >= 11 is 6.14. The summed E-state index contributed by atoms with van der Waals surface area (Å²) in [5, 5.41) is 0.304. The third-order valence-electron chi connectivity index (χ3n) is 3.68. The van der Waals surface area contributed by atoms with E-state index >= 15 is 0 Å². The lowest BCUT2D eigenvalue weighted by molar-refractivity contribution is -0.0446. The van der Waals surface area contributed by atoms with Crippen molar-refractivity contribution in [2.45, 2.75) is 52.2 Å². The molecule has 0 radical (unpaired) electrons. The van der Waals surface area contributed by atoms with Crippen LogP contribution in [0.15, 0.2) is 6.20 Å². The first-order valence-electron chi connectivity index (χ1n) is 7.39. The molecule has 0 spiro atoms. The van der Waals surface area contributed by atoms with E-state index in [1.165, 1.54) is 6.20 Å². The molecule has 1 saturated heterocycles. The topological polar surface area (TPSA) is 55.3 Å². The molecule has 1 aromatic heterocycles. The molecule has 0 aromatic carbocycles. The molecule has 1 fully saturated rings. The first kappa shape index (κ1) is 16.2. The molecular formula is C15H22ClN3O2. The monoisotopic (exact) mass is 311 g/mol. The predicted octanol–water partition coefficient (Wildman–Crippen LogP) is 2.89. The highest BCUT2D eigenvalue weighted by Gasteiger charge is 2.32. The van der Waals surface area contributed by atoms with Crippen molar-refractivity contribution in [3.8, 4) is 0 Å². The largest absolute Gasteiger partial charge is 0.375 e. The van der Waals surface area contributed by atoms with Crippen molar-refractivity contribution in [2.75, 3.05) is 13.2 Å². The van der Waals surface area contributed by atoms with Gasteiger partial charge in [0.1, 0.15) is 5.82 Å². The van der Waals surface area contributed by atoms with Crippen LogP contribution in [-0.2, 0) is 4.74 Å². The maximum Gasteiger partial charge on any atom is 0.274 e. The van der Waals surface area contributed by atoms with Crippen LogP contribution < -0.4 is 0 Å². The summed E-state index contributed by atoms with van der Waals surface area (Å²) in [5.41, 5.74) is 0.294. The van der Waals surface area contributed by atoms with Gasteiger partial charge >= 0.3 is 0 Å². The Balaban J connectivity index is 2.31. The Labute approximate surface area is 130 Å². The highest BCUT2D eigenvalue weighted by atomic mass is 35.5. The zero-order valence-corrected chi connectivity index (χ0v) is 13.7. The second-order valence-electron chi connectivity index (χ2n) is 5.74. The highest BCUT2D eigenvalue weighted by molar-refractivity contribution is 6.33. The standard InChI is InChI=1S/C15H22ClN3O2/c1-5-11-8-21-10(4)7-19(11)15(20)13-12(16)6-17-14(18-13)9(2)3/h6,9-11H,5,7-8H2,1-4H3. The third kappa shape index (κ3) is 3.52. The average Bonchev–Trinajstić information content (AvgIpc) is 2.46. The van der Waals surface area contributed by atoms with Crippen LogP contribution >= 0.6 is 11.6 Å². The van der Waals surface area contributed by atoms with Crippen LogP contribution in [0.5, 0.6) is 0 Å². The summed E-state index contributed by atoms with van der Waals surface area (Å²) in [6.07, 6.45) is 2.39. The van der Waals surface area contributed by atoms with Crippen LogP contribution in [0.4, 0.5) is 0 Å². The van der Waals surface area contributed by atoms with Gasteiger partial charge in [0.25, 0.3) is 5.91 Å². The Morgan fingerprint density at radius 3 is 2.90 bits per heavy atom. The number of hydrogen-bond donors (Lipinski definition) is 0. The number of halogens is 1. The van der Waals surface area contributed by atoms with Gasteiger partial charge in [-0.15, -0.1) is 0 Å². The molecule has 116 valence electrons. The molecule has 1 aromatic rings. The fourth-order valence-corrected chi connectivity index (χ4v) is 2.55. The summed E-state index contributed by atoms with van der Waals surface area (Å²) in [7, 11) is 0. The molecule has 6 heteroatoms. The lowest BCUT2D eigenvalue weighted by Crippen LogP contribution is -2.51. The van der Waals surface area contributed by atoms with Gasteiger partial charge in [0, 0.05) is 12.5 Å². The highest BCUT2D eigenvalue weighted by Crippen LogP contribution is 2.22. The van der Waals surface area contributed by atoms with Crippen LogP contribution in [-0.4, -0.2) is 46.1 Å². The van der Waals surface area contributed by atoms with Crippen LogP contribution in [0.3, 0.4) is 0 Å². The number of carbonyl (C=O) groups is 1. The van der Waals surface area contributed by atoms with E-state index in [-0.39, 0.29) is 24.0 Å². The maximum absolute atomic E-state index is 12.8. The Morgan fingerprint density at radius 2 is 2.29 bits per heavy atom. The second kappa shape index (κ2) is 6.71. The maximum atomic E-state index is 12.8. The molecule has 2 rings (SSSR count). The van der Waals surface area contributed by atoms with E-state index < -0.39 is 0 Å². The van der Waals surface area contributed by atoms with Crippen LogP contribution in [0.2, 0.25) is 5.02 Å². The van der Waals surface area contributed by atoms with Gasteiger partial charge in [0.15, 0.2) is 5.69 Å². The number of carbonyl (C=O) groups excluding carboxylic acids is 1. The number of aromatic nitrogens is 2. The van der Waals surface area contributed by atoms with Crippen LogP contribution in [0.1, 0.15) is 56.3 Å². The van der Waals surface area contributed by atoms with E-state index in [2.05, 4.69) is 9.97 Å². The third-order valence-corrected chi connectivity index (χ3v) is 3.96. The molecule has 0 N–H and O–H groups in total. The SMILES string of the molecule is CCC1COC(C)CN1C(=O)c1nc(C(C)C)ncc1Cl. The molecule has 2 atom stereocenters. The molecule has 0 aliphatic carbocycles. The van der Waals surface area contributed by atoms with Gasteiger partial charge in [-0.25, -0.2) is 9.97 Å². The minimum atomic E-state index is -0.133. The Bertz CT molecular complexity index is 522. The number of morpholine rings is 1. The molecule has 1 aliphatic heterocycles. The average molecular weight is 312 g/mol. The second-order valence-corrected chi connectivity index (χ2v) is 6.15. The van der Waals surface area contributed by atoms with Crippen molar-refractivity contribution in [3.63, 3.8) is 0 Å². The lowest BCUT2D eigenvalue weighted by atomic mass is 10.1. The molecule has 2 unspecified atom stereocenters. The summed E-state index contributed by atoms with van der Waals surface area (Å²) in [4.78, 5) is 23.2. The Hall–Kier alpha value is -1.20. The van der Waals surface area contributed by atoms with Gasteiger partial charge < -0.3 is 9.64 Å². The number of rotatable bonds is 3. The van der Waals surface area contributed by atoms with Gasteiger partial charge in [-0.2, -0.15) is 0 Å². The van der Waals surface area contributed by atoms with E-state index in [0.29, 0.717) is 29.7 Å². The predicted molar refractivity (Wildman–Crippen MR) is 81.7 cm³/mol. The molecule has 21 heavy (non-hydrogen) atoms. The zero-order valence-electron chi connectivity index (χ0n) is 13.0. The first-order chi connectivity index (χ1) is 9.93. The van der Waals surface area contributed by atoms with E-state index in [9.17, 15) is 4.79 Å². The van der Waals surface area contributed by atoms with Crippen molar-refractivity contribution in [1.29, 1.82) is 0 Å². The fourth-order valence-electron chi connectivity index (χ4n) is 2.38. The normalized spacial score (nSPS) is 22.7. The Morgan fingerprint density at radius 1 is 1.57 bits per heavy atom. The molecule has 0 saturated carbocycles. The number of amides is 1. The van der Waals surface area contributed by atoms with Crippen LogP contribution in [0.25, 0.3) is 0 Å². The summed E-state index contributed by atoms with van der Waals surface area (Å²) in [5.74, 6) is 0.655. The van der Waals surface area contributed by atoms with Gasteiger partial charge in [-0.1, -0.05) is 32.4 Å². The summed E-state index contributed by atoms with van der Waals surface area (Å²) < 4.78 is 5.63. The van der Waals surface area contributed by atoms with Crippen molar-refractivity contribution in [3.05, 3.63) is 22.7 Å². The molecular weight excluding hydrogens is 290 g/mol. The quantitative estimate of drug-likeness (QED) is 0.861. The smallest absolute Gasteiger partial charge is 0.274 e. The lowest BCUT2D eigenvalue weighted by Gasteiger charge is -2.38. The Kier molecular flexibility index (Phi) is 5.17. The fraction of sp³-hybridized carbons (Fsp3) is 0.667. The van der Waals surface area contributed by atoms with Gasteiger partial charge in [0.2, 0.25) is 0 Å². The summed E-state index contributed by atoms with van der Waals surface area (Å²) in [6, 6.07) is 0.0715. The molecule has 5 nitrogen and oxygen atoms in total. The van der Waals surface area contributed by atoms with Gasteiger partial charge in [0.05, 0.1) is 30.0 Å².